The molecule has 0 saturated heterocycles. The van der Waals surface area contributed by atoms with E-state index in [1.807, 2.05) is 0 Å². The van der Waals surface area contributed by atoms with Crippen molar-refractivity contribution in [2.75, 3.05) is 6.61 Å². The van der Waals surface area contributed by atoms with Gasteiger partial charge in [-0.1, -0.05) is 18.2 Å². The van der Waals surface area contributed by atoms with E-state index >= 15 is 0 Å². The summed E-state index contributed by atoms with van der Waals surface area (Å²) in [6, 6.07) is 4.96. The van der Waals surface area contributed by atoms with Crippen molar-refractivity contribution in [1.29, 1.82) is 0 Å². The molecule has 6 nitrogen and oxygen atoms in total. The zero-order valence-corrected chi connectivity index (χ0v) is 9.29. The molecule has 92 valence electrons. The number of benzene rings is 1. The van der Waals surface area contributed by atoms with Crippen molar-refractivity contribution in [3.8, 4) is 0 Å². The Morgan fingerprint density at radius 3 is 2.89 bits per heavy atom. The summed E-state index contributed by atoms with van der Waals surface area (Å²) in [7, 11) is 0. The lowest BCUT2D eigenvalue weighted by Gasteiger charge is -1.99. The monoisotopic (exact) mass is 246 g/mol. The third kappa shape index (κ3) is 2.14. The first-order valence-electron chi connectivity index (χ1n) is 5.20. The highest BCUT2D eigenvalue weighted by atomic mass is 16.6. The Morgan fingerprint density at radius 2 is 2.22 bits per heavy atom. The van der Waals surface area contributed by atoms with Gasteiger partial charge in [0.1, 0.15) is 0 Å². The molecule has 2 N–H and O–H groups in total. The van der Waals surface area contributed by atoms with E-state index in [1.54, 1.807) is 24.3 Å². The largest absolute Gasteiger partial charge is 0.392 e. The Morgan fingerprint density at radius 1 is 1.44 bits per heavy atom. The Labute approximate surface area is 101 Å². The van der Waals surface area contributed by atoms with Crippen LogP contribution in [0.4, 0.5) is 5.69 Å². The second kappa shape index (κ2) is 4.80. The number of hydrogen-bond donors (Lipinski definition) is 2. The van der Waals surface area contributed by atoms with Crippen LogP contribution in [0.15, 0.2) is 35.3 Å². The SMILES string of the molecule is O=c1c([N+](=O)[O-])c[nH]c2ccc(C=CCO)cc12. The average Bonchev–Trinajstić information content (AvgIpc) is 2.36. The maximum absolute atomic E-state index is 11.9. The zero-order valence-electron chi connectivity index (χ0n) is 9.29. The third-order valence-corrected chi connectivity index (χ3v) is 2.50. The number of aromatic amines is 1. The predicted molar refractivity (Wildman–Crippen MR) is 67.3 cm³/mol. The van der Waals surface area contributed by atoms with Crippen LogP contribution >= 0.6 is 0 Å². The van der Waals surface area contributed by atoms with E-state index in [4.69, 9.17) is 5.11 Å². The number of aliphatic hydroxyl groups is 1. The van der Waals surface area contributed by atoms with E-state index in [2.05, 4.69) is 4.98 Å². The maximum atomic E-state index is 11.9. The van der Waals surface area contributed by atoms with Gasteiger partial charge < -0.3 is 10.1 Å². The van der Waals surface area contributed by atoms with Gasteiger partial charge in [-0.3, -0.25) is 14.9 Å². The Hall–Kier alpha value is -2.47. The molecule has 0 aliphatic heterocycles. The lowest BCUT2D eigenvalue weighted by Crippen LogP contribution is -2.09. The topological polar surface area (TPSA) is 96.2 Å². The Bertz CT molecular complexity index is 688. The number of H-pyrrole nitrogens is 1. The van der Waals surface area contributed by atoms with Gasteiger partial charge in [-0.05, 0) is 17.7 Å². The van der Waals surface area contributed by atoms with Crippen LogP contribution in [-0.4, -0.2) is 21.6 Å². The van der Waals surface area contributed by atoms with Gasteiger partial charge in [0.2, 0.25) is 0 Å². The number of fused-ring (bicyclic) bond motifs is 1. The molecule has 2 rings (SSSR count). The van der Waals surface area contributed by atoms with Crippen molar-refractivity contribution >= 4 is 22.7 Å². The molecule has 18 heavy (non-hydrogen) atoms. The van der Waals surface area contributed by atoms with E-state index in [-0.39, 0.29) is 12.0 Å². The smallest absolute Gasteiger partial charge is 0.332 e. The molecule has 0 unspecified atom stereocenters. The van der Waals surface area contributed by atoms with Gasteiger partial charge in [-0.2, -0.15) is 0 Å². The number of hydrogen-bond acceptors (Lipinski definition) is 4. The minimum Gasteiger partial charge on any atom is -0.392 e. The van der Waals surface area contributed by atoms with E-state index in [0.717, 1.165) is 6.20 Å². The normalized spacial score (nSPS) is 11.2. The molecule has 0 saturated carbocycles. The van der Waals surface area contributed by atoms with Crippen LogP contribution in [0.2, 0.25) is 0 Å². The predicted octanol–water partition coefficient (Wildman–Crippen LogP) is 1.44. The summed E-state index contributed by atoms with van der Waals surface area (Å²) in [4.78, 5) is 24.5. The molecule has 0 spiro atoms. The quantitative estimate of drug-likeness (QED) is 0.632. The summed E-state index contributed by atoms with van der Waals surface area (Å²) in [6.45, 7) is -0.108. The van der Waals surface area contributed by atoms with Crippen LogP contribution in [0.3, 0.4) is 0 Å². The highest BCUT2D eigenvalue weighted by molar-refractivity contribution is 5.82. The number of rotatable bonds is 3. The zero-order chi connectivity index (χ0) is 13.1. The highest BCUT2D eigenvalue weighted by Crippen LogP contribution is 2.14. The van der Waals surface area contributed by atoms with Gasteiger partial charge in [0.05, 0.1) is 23.1 Å². The van der Waals surface area contributed by atoms with Crippen LogP contribution in [0.1, 0.15) is 5.56 Å². The third-order valence-electron chi connectivity index (χ3n) is 2.50. The van der Waals surface area contributed by atoms with Gasteiger partial charge in [-0.15, -0.1) is 0 Å². The number of nitro groups is 1. The maximum Gasteiger partial charge on any atom is 0.332 e. The van der Waals surface area contributed by atoms with Crippen LogP contribution in [-0.2, 0) is 0 Å². The molecule has 0 radical (unpaired) electrons. The molecule has 0 amide bonds. The van der Waals surface area contributed by atoms with E-state index in [0.29, 0.717) is 11.1 Å². The van der Waals surface area contributed by atoms with E-state index in [1.165, 1.54) is 6.08 Å². The highest BCUT2D eigenvalue weighted by Gasteiger charge is 2.14. The molecular weight excluding hydrogens is 236 g/mol. The number of aromatic nitrogens is 1. The summed E-state index contributed by atoms with van der Waals surface area (Å²) in [5.41, 5.74) is 0.132. The molecular formula is C12H10N2O4. The van der Waals surface area contributed by atoms with Crippen molar-refractivity contribution in [2.45, 2.75) is 0 Å². The summed E-state index contributed by atoms with van der Waals surface area (Å²) < 4.78 is 0. The molecule has 2 aromatic rings. The standard InChI is InChI=1S/C12H10N2O4/c15-5-1-2-8-3-4-10-9(6-8)12(16)11(7-13-10)14(17)18/h1-4,6-7,15H,5H2,(H,13,16). The molecule has 0 atom stereocenters. The van der Waals surface area contributed by atoms with Crippen LogP contribution in [0.5, 0.6) is 0 Å². The van der Waals surface area contributed by atoms with Crippen molar-refractivity contribution in [3.05, 3.63) is 56.4 Å². The van der Waals surface area contributed by atoms with Crippen LogP contribution in [0, 0.1) is 10.1 Å². The van der Waals surface area contributed by atoms with Crippen molar-refractivity contribution in [1.82, 2.24) is 4.98 Å². The first-order valence-corrected chi connectivity index (χ1v) is 5.20. The number of pyridine rings is 1. The van der Waals surface area contributed by atoms with Crippen molar-refractivity contribution in [2.24, 2.45) is 0 Å². The van der Waals surface area contributed by atoms with Crippen molar-refractivity contribution in [3.63, 3.8) is 0 Å². The van der Waals surface area contributed by atoms with Gasteiger partial charge in [0.25, 0.3) is 5.43 Å². The average molecular weight is 246 g/mol. The first kappa shape index (κ1) is 12.0. The lowest BCUT2D eigenvalue weighted by atomic mass is 10.1. The van der Waals surface area contributed by atoms with Gasteiger partial charge >= 0.3 is 5.69 Å². The van der Waals surface area contributed by atoms with E-state index < -0.39 is 16.0 Å². The van der Waals surface area contributed by atoms with Gasteiger partial charge in [-0.25, -0.2) is 0 Å². The minimum absolute atomic E-state index is 0.108. The number of nitrogens with one attached hydrogen (secondary N) is 1. The minimum atomic E-state index is -0.714. The molecule has 1 heterocycles. The van der Waals surface area contributed by atoms with Gasteiger partial charge in [0.15, 0.2) is 0 Å². The van der Waals surface area contributed by atoms with Crippen LogP contribution in [0.25, 0.3) is 17.0 Å². The molecule has 6 heteroatoms. The number of aliphatic hydroxyl groups excluding tert-OH is 1. The summed E-state index contributed by atoms with van der Waals surface area (Å²) >= 11 is 0. The molecule has 0 bridgehead atoms. The summed E-state index contributed by atoms with van der Waals surface area (Å²) in [6.07, 6.45) is 4.25. The second-order valence-corrected chi connectivity index (χ2v) is 3.65. The lowest BCUT2D eigenvalue weighted by molar-refractivity contribution is -0.386. The van der Waals surface area contributed by atoms with Crippen LogP contribution < -0.4 is 5.43 Å². The Balaban J connectivity index is 2.67. The van der Waals surface area contributed by atoms with E-state index in [9.17, 15) is 14.9 Å². The fraction of sp³-hybridized carbons (Fsp3) is 0.0833. The molecule has 1 aromatic heterocycles. The van der Waals surface area contributed by atoms with Crippen molar-refractivity contribution < 1.29 is 10.0 Å². The second-order valence-electron chi connectivity index (χ2n) is 3.65. The molecule has 0 aliphatic carbocycles. The Kier molecular flexibility index (Phi) is 3.20. The fourth-order valence-electron chi connectivity index (χ4n) is 1.65. The fourth-order valence-corrected chi connectivity index (χ4v) is 1.65. The molecule has 1 aromatic carbocycles. The molecule has 0 fully saturated rings. The van der Waals surface area contributed by atoms with Gasteiger partial charge in [0, 0.05) is 5.52 Å². The summed E-state index contributed by atoms with van der Waals surface area (Å²) in [5, 5.41) is 19.6. The summed E-state index contributed by atoms with van der Waals surface area (Å²) in [5.74, 6) is 0. The first-order chi connectivity index (χ1) is 8.63. The molecule has 0 aliphatic rings. The number of nitrogens with zero attached hydrogens (tertiary/aromatic N) is 1.